The fourth-order valence-corrected chi connectivity index (χ4v) is 4.24. The van der Waals surface area contributed by atoms with E-state index in [-0.39, 0.29) is 11.7 Å². The Kier molecular flexibility index (Phi) is 7.12. The number of fused-ring (bicyclic) bond motifs is 1. The summed E-state index contributed by atoms with van der Waals surface area (Å²) in [6, 6.07) is 16.8. The lowest BCUT2D eigenvalue weighted by molar-refractivity contribution is -0.151. The van der Waals surface area contributed by atoms with Crippen molar-refractivity contribution in [1.29, 1.82) is 0 Å². The van der Waals surface area contributed by atoms with E-state index in [0.29, 0.717) is 50.8 Å². The average Bonchev–Trinajstić information content (AvgIpc) is 2.80. The second kappa shape index (κ2) is 10.2. The molecule has 1 saturated heterocycles. The third-order valence-corrected chi connectivity index (χ3v) is 5.75. The zero-order valence-corrected chi connectivity index (χ0v) is 18.7. The molecule has 0 radical (unpaired) electrons. The van der Waals surface area contributed by atoms with Crippen LogP contribution in [0, 0.1) is 11.7 Å². The number of aromatic nitrogens is 1. The Labute approximate surface area is 188 Å². The molecule has 0 spiro atoms. The van der Waals surface area contributed by atoms with Crippen LogP contribution in [0.25, 0.3) is 10.9 Å². The van der Waals surface area contributed by atoms with Crippen molar-refractivity contribution in [2.45, 2.75) is 33.0 Å². The number of benzene rings is 2. The molecule has 2 heterocycles. The maximum absolute atomic E-state index is 14.1. The number of halogens is 1. The van der Waals surface area contributed by atoms with Crippen molar-refractivity contribution in [2.24, 2.45) is 5.92 Å². The number of morpholine rings is 1. The molecule has 4 rings (SSSR count). The van der Waals surface area contributed by atoms with E-state index in [1.165, 1.54) is 6.07 Å². The Hall–Kier alpha value is -2.83. The van der Waals surface area contributed by atoms with E-state index in [2.05, 4.69) is 23.7 Å². The van der Waals surface area contributed by atoms with Crippen LogP contribution in [-0.2, 0) is 22.6 Å². The van der Waals surface area contributed by atoms with Gasteiger partial charge >= 0.3 is 0 Å². The maximum atomic E-state index is 14.1. The molecule has 0 aliphatic carbocycles. The fourth-order valence-electron chi connectivity index (χ4n) is 4.24. The van der Waals surface area contributed by atoms with Crippen molar-refractivity contribution in [3.05, 3.63) is 77.7 Å². The standard InChI is InChI=1S/C26H30FN3O2/c1-19(2)15-30(17-22-9-5-8-20-10-6-12-28-25(20)22)26(31)24-18-29(13-14-32-24)16-21-7-3-4-11-23(21)27/h3-12,19,24H,13-18H2,1-2H3/t24-/m1/s1. The first-order valence-electron chi connectivity index (χ1n) is 11.2. The summed E-state index contributed by atoms with van der Waals surface area (Å²) < 4.78 is 20.0. The summed E-state index contributed by atoms with van der Waals surface area (Å²) in [6.45, 7) is 7.38. The van der Waals surface area contributed by atoms with Crippen molar-refractivity contribution >= 4 is 16.8 Å². The quantitative estimate of drug-likeness (QED) is 0.556. The van der Waals surface area contributed by atoms with Crippen LogP contribution in [0.2, 0.25) is 0 Å². The van der Waals surface area contributed by atoms with Crippen molar-refractivity contribution in [3.8, 4) is 0 Å². The molecule has 0 N–H and O–H groups in total. The molecule has 5 nitrogen and oxygen atoms in total. The molecule has 1 aliphatic rings. The van der Waals surface area contributed by atoms with Gasteiger partial charge in [0.2, 0.25) is 0 Å². The summed E-state index contributed by atoms with van der Waals surface area (Å²) in [6.07, 6.45) is 1.22. The van der Waals surface area contributed by atoms with E-state index in [9.17, 15) is 9.18 Å². The molecule has 168 valence electrons. The molecular weight excluding hydrogens is 405 g/mol. The highest BCUT2D eigenvalue weighted by Gasteiger charge is 2.31. The molecule has 32 heavy (non-hydrogen) atoms. The molecule has 1 fully saturated rings. The molecule has 1 atom stereocenters. The van der Waals surface area contributed by atoms with Gasteiger partial charge in [-0.2, -0.15) is 0 Å². The summed E-state index contributed by atoms with van der Waals surface area (Å²) in [5.41, 5.74) is 2.58. The van der Waals surface area contributed by atoms with Gasteiger partial charge in [0.25, 0.3) is 5.91 Å². The van der Waals surface area contributed by atoms with Gasteiger partial charge in [-0.1, -0.05) is 56.3 Å². The number of para-hydroxylation sites is 1. The molecular formula is C26H30FN3O2. The first-order valence-corrected chi connectivity index (χ1v) is 11.2. The van der Waals surface area contributed by atoms with Gasteiger partial charge in [0.05, 0.1) is 12.1 Å². The third-order valence-electron chi connectivity index (χ3n) is 5.75. The van der Waals surface area contributed by atoms with Crippen LogP contribution in [0.5, 0.6) is 0 Å². The first-order chi connectivity index (χ1) is 15.5. The van der Waals surface area contributed by atoms with Crippen molar-refractivity contribution in [1.82, 2.24) is 14.8 Å². The van der Waals surface area contributed by atoms with Crippen LogP contribution in [0.4, 0.5) is 4.39 Å². The number of carbonyl (C=O) groups excluding carboxylic acids is 1. The molecule has 1 aliphatic heterocycles. The summed E-state index contributed by atoms with van der Waals surface area (Å²) in [5.74, 6) is 0.0802. The molecule has 6 heteroatoms. The second-order valence-corrected chi connectivity index (χ2v) is 8.79. The van der Waals surface area contributed by atoms with Crippen molar-refractivity contribution in [2.75, 3.05) is 26.2 Å². The predicted octanol–water partition coefficient (Wildman–Crippen LogP) is 4.26. The highest BCUT2D eigenvalue weighted by molar-refractivity contribution is 5.84. The predicted molar refractivity (Wildman–Crippen MR) is 123 cm³/mol. The third kappa shape index (κ3) is 5.31. The Morgan fingerprint density at radius 2 is 1.94 bits per heavy atom. The number of ether oxygens (including phenoxy) is 1. The van der Waals surface area contributed by atoms with E-state index in [4.69, 9.17) is 4.74 Å². The van der Waals surface area contributed by atoms with E-state index >= 15 is 0 Å². The van der Waals surface area contributed by atoms with Gasteiger partial charge in [0.1, 0.15) is 11.9 Å². The molecule has 0 bridgehead atoms. The van der Waals surface area contributed by atoms with Crippen LogP contribution in [0.1, 0.15) is 25.0 Å². The first kappa shape index (κ1) is 22.4. The highest BCUT2D eigenvalue weighted by atomic mass is 19.1. The average molecular weight is 436 g/mol. The van der Waals surface area contributed by atoms with Gasteiger partial charge in [-0.3, -0.25) is 14.7 Å². The Morgan fingerprint density at radius 1 is 1.16 bits per heavy atom. The van der Waals surface area contributed by atoms with Gasteiger partial charge < -0.3 is 9.64 Å². The smallest absolute Gasteiger partial charge is 0.253 e. The van der Waals surface area contributed by atoms with Gasteiger partial charge in [0.15, 0.2) is 0 Å². The molecule has 3 aromatic rings. The van der Waals surface area contributed by atoms with E-state index < -0.39 is 6.10 Å². The van der Waals surface area contributed by atoms with Gasteiger partial charge in [0, 0.05) is 49.9 Å². The maximum Gasteiger partial charge on any atom is 0.253 e. The molecule has 1 amide bonds. The van der Waals surface area contributed by atoms with E-state index in [1.54, 1.807) is 18.3 Å². The number of nitrogens with zero attached hydrogens (tertiary/aromatic N) is 3. The normalized spacial score (nSPS) is 17.1. The van der Waals surface area contributed by atoms with Gasteiger partial charge in [-0.15, -0.1) is 0 Å². The van der Waals surface area contributed by atoms with E-state index in [1.807, 2.05) is 41.3 Å². The summed E-state index contributed by atoms with van der Waals surface area (Å²) in [5, 5.41) is 1.06. The van der Waals surface area contributed by atoms with Crippen molar-refractivity contribution < 1.29 is 13.9 Å². The summed E-state index contributed by atoms with van der Waals surface area (Å²) in [4.78, 5) is 22.0. The minimum atomic E-state index is -0.558. The Bertz CT molecular complexity index is 1070. The summed E-state index contributed by atoms with van der Waals surface area (Å²) in [7, 11) is 0. The zero-order chi connectivity index (χ0) is 22.5. The minimum absolute atomic E-state index is 0.0233. The fraction of sp³-hybridized carbons (Fsp3) is 0.385. The van der Waals surface area contributed by atoms with Crippen LogP contribution < -0.4 is 0 Å². The lowest BCUT2D eigenvalue weighted by atomic mass is 10.1. The lowest BCUT2D eigenvalue weighted by Crippen LogP contribution is -2.51. The largest absolute Gasteiger partial charge is 0.366 e. The number of amides is 1. The number of pyridine rings is 1. The van der Waals surface area contributed by atoms with Crippen LogP contribution in [-0.4, -0.2) is 53.0 Å². The molecule has 0 unspecified atom stereocenters. The zero-order valence-electron chi connectivity index (χ0n) is 18.7. The molecule has 0 saturated carbocycles. The van der Waals surface area contributed by atoms with Gasteiger partial charge in [-0.05, 0) is 23.6 Å². The van der Waals surface area contributed by atoms with Crippen LogP contribution in [0.3, 0.4) is 0 Å². The monoisotopic (exact) mass is 435 g/mol. The lowest BCUT2D eigenvalue weighted by Gasteiger charge is -2.35. The number of hydrogen-bond acceptors (Lipinski definition) is 4. The summed E-state index contributed by atoms with van der Waals surface area (Å²) >= 11 is 0. The topological polar surface area (TPSA) is 45.7 Å². The molecule has 2 aromatic carbocycles. The SMILES string of the molecule is CC(C)CN(Cc1cccc2cccnc12)C(=O)[C@H]1CN(Cc2ccccc2F)CCO1. The number of carbonyl (C=O) groups is 1. The van der Waals surface area contributed by atoms with Gasteiger partial charge in [-0.25, -0.2) is 4.39 Å². The van der Waals surface area contributed by atoms with E-state index in [0.717, 1.165) is 16.5 Å². The van der Waals surface area contributed by atoms with Crippen molar-refractivity contribution in [3.63, 3.8) is 0 Å². The van der Waals surface area contributed by atoms with Crippen LogP contribution >= 0.6 is 0 Å². The Morgan fingerprint density at radius 3 is 2.75 bits per heavy atom. The number of hydrogen-bond donors (Lipinski definition) is 0. The minimum Gasteiger partial charge on any atom is -0.366 e. The Balaban J connectivity index is 1.50. The highest BCUT2D eigenvalue weighted by Crippen LogP contribution is 2.20. The molecule has 1 aromatic heterocycles. The second-order valence-electron chi connectivity index (χ2n) is 8.79. The number of rotatable bonds is 7. The van der Waals surface area contributed by atoms with Crippen LogP contribution in [0.15, 0.2) is 60.8 Å².